The molecular formula is C31H34N10O2. The number of carbonyl (C=O) groups is 1. The monoisotopic (exact) mass is 578 g/mol. The van der Waals surface area contributed by atoms with E-state index in [1.54, 1.807) is 35.2 Å². The van der Waals surface area contributed by atoms with Gasteiger partial charge in [0.2, 0.25) is 11.8 Å². The molecule has 1 atom stereocenters. The molecule has 0 bridgehead atoms. The van der Waals surface area contributed by atoms with Crippen molar-refractivity contribution in [1.82, 2.24) is 19.5 Å². The van der Waals surface area contributed by atoms with Crippen LogP contribution in [0, 0.1) is 0 Å². The second kappa shape index (κ2) is 13.2. The van der Waals surface area contributed by atoms with Gasteiger partial charge in [-0.25, -0.2) is 4.98 Å². The molecule has 1 unspecified atom stereocenters. The number of hydrogen-bond acceptors (Lipinski definition) is 11. The number of nitrogen functional groups attached to an aromatic ring is 1. The summed E-state index contributed by atoms with van der Waals surface area (Å²) >= 11 is 0. The molecule has 220 valence electrons. The lowest BCUT2D eigenvalue weighted by Gasteiger charge is -2.14. The van der Waals surface area contributed by atoms with Gasteiger partial charge in [-0.3, -0.25) is 9.36 Å². The van der Waals surface area contributed by atoms with Gasteiger partial charge in [0.25, 0.3) is 0 Å². The standard InChI is InChI=1S/C31H34N10O2/c1-40(2)25-13-11-24(12-14-25)39-38-23-9-7-22(8-10-23)26(42)15-16-27(33)41-19-35-28-29(41)36-31(34)37-30(28)43-18-21-5-3-20(17-32)4-6-21/h3-14,19,27H,15-18,32-33H2,1-2H3,(H2,34,36,37). The van der Waals surface area contributed by atoms with E-state index in [1.165, 1.54) is 0 Å². The van der Waals surface area contributed by atoms with Crippen LogP contribution >= 0.6 is 0 Å². The average molecular weight is 579 g/mol. The van der Waals surface area contributed by atoms with Gasteiger partial charge < -0.3 is 26.8 Å². The zero-order valence-corrected chi connectivity index (χ0v) is 24.1. The molecule has 0 radical (unpaired) electrons. The minimum absolute atomic E-state index is 0.0359. The lowest BCUT2D eigenvalue weighted by Crippen LogP contribution is -2.19. The van der Waals surface area contributed by atoms with Crippen LogP contribution < -0.4 is 26.8 Å². The summed E-state index contributed by atoms with van der Waals surface area (Å²) in [6.07, 6.45) is 1.59. The molecule has 6 N–H and O–H groups in total. The number of Topliss-reactive ketones (excluding diaryl/α,β-unsaturated/α-hetero) is 1. The number of nitrogens with two attached hydrogens (primary N) is 3. The maximum Gasteiger partial charge on any atom is 0.247 e. The van der Waals surface area contributed by atoms with Crippen molar-refractivity contribution in [2.24, 2.45) is 21.7 Å². The summed E-state index contributed by atoms with van der Waals surface area (Å²) in [5.41, 5.74) is 24.0. The van der Waals surface area contributed by atoms with Gasteiger partial charge in [0, 0.05) is 38.3 Å². The molecule has 0 aliphatic rings. The molecule has 12 heteroatoms. The second-order valence-corrected chi connectivity index (χ2v) is 10.2. The van der Waals surface area contributed by atoms with E-state index in [9.17, 15) is 4.79 Å². The summed E-state index contributed by atoms with van der Waals surface area (Å²) in [6.45, 7) is 0.744. The summed E-state index contributed by atoms with van der Waals surface area (Å²) in [6, 6.07) is 22.6. The van der Waals surface area contributed by atoms with Crippen molar-refractivity contribution in [2.45, 2.75) is 32.2 Å². The minimum Gasteiger partial charge on any atom is -0.471 e. The highest BCUT2D eigenvalue weighted by Crippen LogP contribution is 2.26. The number of benzene rings is 3. The molecular weight excluding hydrogens is 544 g/mol. The van der Waals surface area contributed by atoms with Crippen LogP contribution in [0.25, 0.3) is 11.2 Å². The number of anilines is 2. The highest BCUT2D eigenvalue weighted by Gasteiger charge is 2.18. The topological polar surface area (TPSA) is 176 Å². The molecule has 3 aromatic carbocycles. The number of ketones is 1. The van der Waals surface area contributed by atoms with Crippen LogP contribution in [0.4, 0.5) is 23.0 Å². The average Bonchev–Trinajstić information content (AvgIpc) is 3.46. The quantitative estimate of drug-likeness (QED) is 0.135. The number of imidazole rings is 1. The number of hydrogen-bond donors (Lipinski definition) is 3. The number of aromatic nitrogens is 4. The third kappa shape index (κ3) is 7.18. The zero-order valence-electron chi connectivity index (χ0n) is 24.1. The Kier molecular flexibility index (Phi) is 8.99. The summed E-state index contributed by atoms with van der Waals surface area (Å²) < 4.78 is 7.60. The minimum atomic E-state index is -0.563. The number of nitrogens with zero attached hydrogens (tertiary/aromatic N) is 7. The molecule has 2 aromatic heterocycles. The van der Waals surface area contributed by atoms with Gasteiger partial charge in [0.05, 0.1) is 23.9 Å². The fourth-order valence-electron chi connectivity index (χ4n) is 4.38. The smallest absolute Gasteiger partial charge is 0.247 e. The van der Waals surface area contributed by atoms with Crippen LogP contribution in [0.3, 0.4) is 0 Å². The molecule has 0 aliphatic carbocycles. The predicted octanol–water partition coefficient (Wildman–Crippen LogP) is 5.05. The van der Waals surface area contributed by atoms with E-state index in [0.717, 1.165) is 22.5 Å². The third-order valence-electron chi connectivity index (χ3n) is 6.90. The fraction of sp³-hybridized carbons (Fsp3) is 0.226. The first-order valence-corrected chi connectivity index (χ1v) is 13.8. The van der Waals surface area contributed by atoms with Gasteiger partial charge >= 0.3 is 0 Å². The van der Waals surface area contributed by atoms with Crippen molar-refractivity contribution >= 4 is 40.0 Å². The Morgan fingerprint density at radius 2 is 1.56 bits per heavy atom. The molecule has 0 amide bonds. The van der Waals surface area contributed by atoms with Crippen LogP contribution in [0.1, 0.15) is 40.5 Å². The Labute approximate surface area is 249 Å². The molecule has 0 spiro atoms. The first-order chi connectivity index (χ1) is 20.8. The summed E-state index contributed by atoms with van der Waals surface area (Å²) in [5.74, 6) is 0.255. The van der Waals surface area contributed by atoms with Gasteiger partial charge in [0.1, 0.15) is 6.61 Å². The van der Waals surface area contributed by atoms with Crippen molar-refractivity contribution in [3.8, 4) is 5.88 Å². The molecule has 0 aliphatic heterocycles. The Bertz CT molecular complexity index is 1710. The molecule has 5 rings (SSSR count). The Hall–Kier alpha value is -5.20. The number of fused-ring (bicyclic) bond motifs is 1. The Morgan fingerprint density at radius 1 is 0.930 bits per heavy atom. The maximum atomic E-state index is 12.9. The van der Waals surface area contributed by atoms with Crippen LogP contribution in [0.15, 0.2) is 89.4 Å². The highest BCUT2D eigenvalue weighted by molar-refractivity contribution is 5.96. The molecule has 5 aromatic rings. The van der Waals surface area contributed by atoms with Crippen molar-refractivity contribution in [3.05, 3.63) is 95.8 Å². The van der Waals surface area contributed by atoms with Crippen molar-refractivity contribution in [3.63, 3.8) is 0 Å². The predicted molar refractivity (Wildman–Crippen MR) is 167 cm³/mol. The molecule has 43 heavy (non-hydrogen) atoms. The van der Waals surface area contributed by atoms with Gasteiger partial charge in [-0.1, -0.05) is 24.3 Å². The van der Waals surface area contributed by atoms with E-state index in [4.69, 9.17) is 21.9 Å². The lowest BCUT2D eigenvalue weighted by molar-refractivity contribution is 0.0974. The number of azo groups is 1. The second-order valence-electron chi connectivity index (χ2n) is 10.2. The Balaban J connectivity index is 1.19. The highest BCUT2D eigenvalue weighted by atomic mass is 16.5. The molecule has 2 heterocycles. The van der Waals surface area contributed by atoms with E-state index >= 15 is 0 Å². The van der Waals surface area contributed by atoms with Gasteiger partial charge in [0.15, 0.2) is 16.9 Å². The summed E-state index contributed by atoms with van der Waals surface area (Å²) in [7, 11) is 3.96. The van der Waals surface area contributed by atoms with E-state index in [0.29, 0.717) is 35.4 Å². The van der Waals surface area contributed by atoms with Gasteiger partial charge in [-0.05, 0) is 66.1 Å². The molecule has 0 saturated carbocycles. The van der Waals surface area contributed by atoms with Crippen molar-refractivity contribution in [1.29, 1.82) is 0 Å². The number of ether oxygens (including phenoxy) is 1. The van der Waals surface area contributed by atoms with Crippen LogP contribution in [-0.4, -0.2) is 39.4 Å². The first-order valence-electron chi connectivity index (χ1n) is 13.8. The van der Waals surface area contributed by atoms with E-state index < -0.39 is 6.17 Å². The zero-order chi connectivity index (χ0) is 30.3. The van der Waals surface area contributed by atoms with Crippen molar-refractivity contribution in [2.75, 3.05) is 24.7 Å². The third-order valence-corrected chi connectivity index (χ3v) is 6.90. The van der Waals surface area contributed by atoms with E-state index in [1.807, 2.05) is 67.5 Å². The first kappa shape index (κ1) is 29.3. The van der Waals surface area contributed by atoms with Gasteiger partial charge in [-0.15, -0.1) is 0 Å². The summed E-state index contributed by atoms with van der Waals surface area (Å²) in [5, 5.41) is 8.55. The molecule has 0 saturated heterocycles. The lowest BCUT2D eigenvalue weighted by atomic mass is 10.1. The number of carbonyl (C=O) groups excluding carboxylic acids is 1. The normalized spacial score (nSPS) is 12.1. The van der Waals surface area contributed by atoms with E-state index in [2.05, 4.69) is 25.2 Å². The summed E-state index contributed by atoms with van der Waals surface area (Å²) in [4.78, 5) is 27.9. The Morgan fingerprint density at radius 3 is 2.19 bits per heavy atom. The largest absolute Gasteiger partial charge is 0.471 e. The number of rotatable bonds is 12. The SMILES string of the molecule is CN(C)c1ccc(N=Nc2ccc(C(=O)CCC(N)n3cnc4c(OCc5ccc(CN)cc5)nc(N)nc43)cc2)cc1. The van der Waals surface area contributed by atoms with Crippen LogP contribution in [0.5, 0.6) is 5.88 Å². The molecule has 12 nitrogen and oxygen atoms in total. The van der Waals surface area contributed by atoms with Crippen LogP contribution in [0.2, 0.25) is 0 Å². The van der Waals surface area contributed by atoms with Gasteiger partial charge in [-0.2, -0.15) is 20.2 Å². The fourth-order valence-corrected chi connectivity index (χ4v) is 4.38. The van der Waals surface area contributed by atoms with Crippen LogP contribution in [-0.2, 0) is 13.2 Å². The van der Waals surface area contributed by atoms with Crippen molar-refractivity contribution < 1.29 is 9.53 Å². The maximum absolute atomic E-state index is 12.9. The van der Waals surface area contributed by atoms with E-state index in [-0.39, 0.29) is 30.6 Å². The molecule has 0 fully saturated rings.